The monoisotopic (exact) mass is 380 g/mol. The lowest BCUT2D eigenvalue weighted by molar-refractivity contribution is -0.137. The van der Waals surface area contributed by atoms with Crippen molar-refractivity contribution in [3.05, 3.63) is 30.4 Å². The van der Waals surface area contributed by atoms with E-state index in [1.165, 1.54) is 6.08 Å². The predicted molar refractivity (Wildman–Crippen MR) is 105 cm³/mol. The zero-order chi connectivity index (χ0) is 20.1. The van der Waals surface area contributed by atoms with E-state index in [0.717, 1.165) is 6.42 Å². The molecule has 0 bridgehead atoms. The number of methoxy groups -OCH3 is 2. The van der Waals surface area contributed by atoms with Crippen molar-refractivity contribution in [3.8, 4) is 17.2 Å². The first-order valence-corrected chi connectivity index (χ1v) is 9.31. The van der Waals surface area contributed by atoms with Crippen molar-refractivity contribution in [2.45, 2.75) is 39.7 Å². The van der Waals surface area contributed by atoms with E-state index in [-0.39, 0.29) is 18.0 Å². The highest BCUT2D eigenvalue weighted by Crippen LogP contribution is 2.32. The Morgan fingerprint density at radius 3 is 2.56 bits per heavy atom. The maximum Gasteiger partial charge on any atom is 0.330 e. The molecule has 0 saturated heterocycles. The lowest BCUT2D eigenvalue weighted by Gasteiger charge is -2.22. The molecular formula is C21H32O6. The summed E-state index contributed by atoms with van der Waals surface area (Å²) >= 11 is 0. The molecule has 152 valence electrons. The van der Waals surface area contributed by atoms with Gasteiger partial charge in [-0.05, 0) is 25.0 Å². The van der Waals surface area contributed by atoms with Crippen molar-refractivity contribution in [2.24, 2.45) is 5.92 Å². The fraction of sp³-hybridized carbons (Fsp3) is 0.571. The van der Waals surface area contributed by atoms with Crippen molar-refractivity contribution in [1.82, 2.24) is 0 Å². The third-order valence-corrected chi connectivity index (χ3v) is 3.83. The number of ether oxygens (including phenoxy) is 5. The molecule has 0 N–H and O–H groups in total. The van der Waals surface area contributed by atoms with Crippen LogP contribution in [-0.4, -0.2) is 46.1 Å². The molecule has 0 aliphatic rings. The summed E-state index contributed by atoms with van der Waals surface area (Å²) in [6.07, 6.45) is 4.55. The predicted octanol–water partition coefficient (Wildman–Crippen LogP) is 4.02. The molecule has 1 aromatic carbocycles. The average Bonchev–Trinajstić information content (AvgIpc) is 2.64. The zero-order valence-corrected chi connectivity index (χ0v) is 17.0. The number of carbonyl (C=O) groups is 1. The molecule has 0 fully saturated rings. The van der Waals surface area contributed by atoms with Gasteiger partial charge >= 0.3 is 5.97 Å². The summed E-state index contributed by atoms with van der Waals surface area (Å²) in [5.74, 6) is 1.92. The highest BCUT2D eigenvalue weighted by molar-refractivity contribution is 5.81. The van der Waals surface area contributed by atoms with Crippen LogP contribution in [0.15, 0.2) is 30.4 Å². The van der Waals surface area contributed by atoms with Gasteiger partial charge in [-0.25, -0.2) is 4.79 Å². The van der Waals surface area contributed by atoms with E-state index in [4.69, 9.17) is 23.7 Å². The summed E-state index contributed by atoms with van der Waals surface area (Å²) < 4.78 is 27.2. The normalized spacial score (nSPS) is 12.2. The third-order valence-electron chi connectivity index (χ3n) is 3.83. The Hall–Kier alpha value is -2.21. The highest BCUT2D eigenvalue weighted by Gasteiger charge is 2.16. The number of hydrogen-bond acceptors (Lipinski definition) is 6. The van der Waals surface area contributed by atoms with E-state index in [9.17, 15) is 4.79 Å². The number of hydrogen-bond donors (Lipinski definition) is 0. The molecule has 0 amide bonds. The first-order valence-electron chi connectivity index (χ1n) is 9.31. The van der Waals surface area contributed by atoms with Crippen LogP contribution in [0, 0.1) is 5.92 Å². The second kappa shape index (κ2) is 13.0. The number of carbonyl (C=O) groups excluding carboxylic acids is 1. The smallest absolute Gasteiger partial charge is 0.330 e. The van der Waals surface area contributed by atoms with Crippen molar-refractivity contribution >= 4 is 5.97 Å². The lowest BCUT2D eigenvalue weighted by Crippen LogP contribution is -2.22. The van der Waals surface area contributed by atoms with Crippen LogP contribution in [0.2, 0.25) is 0 Å². The second-order valence-corrected chi connectivity index (χ2v) is 6.30. The fourth-order valence-corrected chi connectivity index (χ4v) is 2.35. The van der Waals surface area contributed by atoms with Gasteiger partial charge in [0.1, 0.15) is 11.9 Å². The number of benzene rings is 1. The Morgan fingerprint density at radius 1 is 1.15 bits per heavy atom. The van der Waals surface area contributed by atoms with E-state index < -0.39 is 0 Å². The molecule has 6 nitrogen and oxygen atoms in total. The molecule has 0 aliphatic heterocycles. The second-order valence-electron chi connectivity index (χ2n) is 6.30. The molecule has 6 heteroatoms. The van der Waals surface area contributed by atoms with Crippen LogP contribution in [0.3, 0.4) is 0 Å². The van der Waals surface area contributed by atoms with Crippen LogP contribution in [0.1, 0.15) is 33.6 Å². The molecule has 0 heterocycles. The molecule has 0 radical (unpaired) electrons. The number of esters is 1. The summed E-state index contributed by atoms with van der Waals surface area (Å²) in [4.78, 5) is 11.4. The van der Waals surface area contributed by atoms with Gasteiger partial charge in [-0.15, -0.1) is 0 Å². The molecule has 27 heavy (non-hydrogen) atoms. The molecule has 0 aliphatic carbocycles. The van der Waals surface area contributed by atoms with Gasteiger partial charge in [0.15, 0.2) is 11.5 Å². The van der Waals surface area contributed by atoms with Gasteiger partial charge < -0.3 is 23.7 Å². The van der Waals surface area contributed by atoms with Crippen LogP contribution < -0.4 is 14.2 Å². The van der Waals surface area contributed by atoms with Gasteiger partial charge in [-0.2, -0.15) is 0 Å². The van der Waals surface area contributed by atoms with Crippen molar-refractivity contribution in [3.63, 3.8) is 0 Å². The maximum absolute atomic E-state index is 11.4. The van der Waals surface area contributed by atoms with Crippen LogP contribution in [0.5, 0.6) is 17.2 Å². The van der Waals surface area contributed by atoms with E-state index in [0.29, 0.717) is 43.5 Å². The standard InChI is InChI=1S/C21H32O6/c1-6-25-21(22)10-7-9-18(16(2)3)27-17-11-12-19(24-5)20(15-17)26-14-8-13-23-4/h7,10-12,15-16,18H,6,8-9,13-14H2,1-5H3/b10-7+/t18-/m0/s1. The molecular weight excluding hydrogens is 348 g/mol. The minimum atomic E-state index is -0.337. The van der Waals surface area contributed by atoms with Crippen molar-refractivity contribution in [2.75, 3.05) is 34.0 Å². The van der Waals surface area contributed by atoms with Gasteiger partial charge in [-0.3, -0.25) is 0 Å². The van der Waals surface area contributed by atoms with Crippen LogP contribution in [0.4, 0.5) is 0 Å². The van der Waals surface area contributed by atoms with E-state index in [2.05, 4.69) is 13.8 Å². The average molecular weight is 380 g/mol. The quantitative estimate of drug-likeness (QED) is 0.293. The Morgan fingerprint density at radius 2 is 1.93 bits per heavy atom. The molecule has 0 spiro atoms. The largest absolute Gasteiger partial charge is 0.493 e. The first-order chi connectivity index (χ1) is 13.0. The van der Waals surface area contributed by atoms with Crippen molar-refractivity contribution in [1.29, 1.82) is 0 Å². The molecule has 0 saturated carbocycles. The minimum absolute atomic E-state index is 0.0783. The van der Waals surface area contributed by atoms with Gasteiger partial charge in [-0.1, -0.05) is 19.9 Å². The van der Waals surface area contributed by atoms with Crippen molar-refractivity contribution < 1.29 is 28.5 Å². The van der Waals surface area contributed by atoms with Gasteiger partial charge in [0.2, 0.25) is 0 Å². The lowest BCUT2D eigenvalue weighted by atomic mass is 10.0. The first kappa shape index (κ1) is 22.8. The summed E-state index contributed by atoms with van der Waals surface area (Å²) in [7, 11) is 3.27. The molecule has 0 unspecified atom stereocenters. The van der Waals surface area contributed by atoms with Gasteiger partial charge in [0.25, 0.3) is 0 Å². The topological polar surface area (TPSA) is 63.2 Å². The summed E-state index contributed by atoms with van der Waals surface area (Å²) in [6, 6.07) is 5.51. The molecule has 1 rings (SSSR count). The summed E-state index contributed by atoms with van der Waals surface area (Å²) in [5, 5.41) is 0. The van der Waals surface area contributed by atoms with E-state index in [1.807, 2.05) is 18.2 Å². The van der Waals surface area contributed by atoms with Gasteiger partial charge in [0.05, 0.1) is 20.3 Å². The Bertz CT molecular complexity index is 582. The van der Waals surface area contributed by atoms with Crippen LogP contribution in [-0.2, 0) is 14.3 Å². The molecule has 0 aromatic heterocycles. The Balaban J connectivity index is 2.75. The fourth-order valence-electron chi connectivity index (χ4n) is 2.35. The van der Waals surface area contributed by atoms with Gasteiger partial charge in [0, 0.05) is 38.7 Å². The summed E-state index contributed by atoms with van der Waals surface area (Å²) in [5.41, 5.74) is 0. The Kier molecular flexibility index (Phi) is 11.0. The van der Waals surface area contributed by atoms with E-state index in [1.54, 1.807) is 27.2 Å². The number of rotatable bonds is 13. The molecule has 1 aromatic rings. The molecule has 1 atom stereocenters. The third kappa shape index (κ3) is 8.82. The van der Waals surface area contributed by atoms with Crippen LogP contribution >= 0.6 is 0 Å². The highest BCUT2D eigenvalue weighted by atomic mass is 16.5. The zero-order valence-electron chi connectivity index (χ0n) is 17.0. The van der Waals surface area contributed by atoms with Crippen LogP contribution in [0.25, 0.3) is 0 Å². The minimum Gasteiger partial charge on any atom is -0.493 e. The summed E-state index contributed by atoms with van der Waals surface area (Å²) in [6.45, 7) is 7.48. The Labute approximate surface area is 162 Å². The SMILES string of the molecule is CCOC(=O)/C=C/C[C@H](Oc1ccc(OC)c(OCCCOC)c1)C(C)C. The maximum atomic E-state index is 11.4. The van der Waals surface area contributed by atoms with E-state index >= 15 is 0 Å².